The maximum absolute atomic E-state index is 11.1. The molecule has 1 aromatic rings. The normalized spacial score (nSPS) is 18.1. The minimum Gasteiger partial charge on any atom is -0.370 e. The van der Waals surface area contributed by atoms with Crippen molar-refractivity contribution in [2.75, 3.05) is 0 Å². The number of amides is 1. The molecule has 0 bridgehead atoms. The molecular weight excluding hydrogens is 214 g/mol. The van der Waals surface area contributed by atoms with Gasteiger partial charge in [-0.1, -0.05) is 43.2 Å². The number of carbonyl (C=O) groups excluding carboxylic acids is 1. The molecule has 0 saturated heterocycles. The van der Waals surface area contributed by atoms with Crippen molar-refractivity contribution in [2.24, 2.45) is 5.73 Å². The summed E-state index contributed by atoms with van der Waals surface area (Å²) in [6.45, 7) is 0. The lowest BCUT2D eigenvalue weighted by Crippen LogP contribution is -2.20. The molecule has 1 aromatic carbocycles. The van der Waals surface area contributed by atoms with Crippen molar-refractivity contribution in [1.82, 2.24) is 0 Å². The van der Waals surface area contributed by atoms with E-state index in [1.54, 1.807) is 0 Å². The van der Waals surface area contributed by atoms with E-state index in [2.05, 4.69) is 0 Å². The molecule has 0 spiro atoms. The molecule has 2 rings (SSSR count). The van der Waals surface area contributed by atoms with Crippen molar-refractivity contribution in [3.63, 3.8) is 0 Å². The summed E-state index contributed by atoms with van der Waals surface area (Å²) >= 11 is 0. The molecule has 1 amide bonds. The minimum absolute atomic E-state index is 0.184. The Hall–Kier alpha value is -1.35. The van der Waals surface area contributed by atoms with Crippen molar-refractivity contribution in [2.45, 2.75) is 44.3 Å². The summed E-state index contributed by atoms with van der Waals surface area (Å²) in [6, 6.07) is 9.86. The molecule has 1 saturated carbocycles. The van der Waals surface area contributed by atoms with Gasteiger partial charge in [-0.15, -0.1) is 0 Å². The van der Waals surface area contributed by atoms with Crippen LogP contribution in [0.1, 0.15) is 43.8 Å². The molecule has 17 heavy (non-hydrogen) atoms. The number of hydrogen-bond acceptors (Lipinski definition) is 2. The molecule has 0 aliphatic heterocycles. The molecule has 1 fully saturated rings. The molecule has 1 aliphatic carbocycles. The van der Waals surface area contributed by atoms with Gasteiger partial charge in [-0.25, -0.2) is 0 Å². The summed E-state index contributed by atoms with van der Waals surface area (Å²) in [6.07, 6.45) is 5.02. The van der Waals surface area contributed by atoms with E-state index in [9.17, 15) is 4.79 Å². The largest absolute Gasteiger partial charge is 0.370 e. The molecule has 0 radical (unpaired) electrons. The van der Waals surface area contributed by atoms with E-state index in [1.807, 2.05) is 30.3 Å². The van der Waals surface area contributed by atoms with Gasteiger partial charge in [0.2, 0.25) is 5.91 Å². The van der Waals surface area contributed by atoms with Crippen LogP contribution in [-0.2, 0) is 9.53 Å². The first-order valence-electron chi connectivity index (χ1n) is 6.24. The minimum atomic E-state index is -0.308. The third-order valence-corrected chi connectivity index (χ3v) is 3.22. The summed E-state index contributed by atoms with van der Waals surface area (Å²) < 4.78 is 6.01. The number of primary amides is 1. The van der Waals surface area contributed by atoms with Crippen molar-refractivity contribution in [3.05, 3.63) is 35.9 Å². The van der Waals surface area contributed by atoms with E-state index in [0.29, 0.717) is 6.10 Å². The Morgan fingerprint density at radius 3 is 2.53 bits per heavy atom. The zero-order chi connectivity index (χ0) is 12.1. The van der Waals surface area contributed by atoms with Gasteiger partial charge in [0.25, 0.3) is 0 Å². The van der Waals surface area contributed by atoms with Gasteiger partial charge in [0.15, 0.2) is 0 Å². The third-order valence-electron chi connectivity index (χ3n) is 3.22. The zero-order valence-electron chi connectivity index (χ0n) is 9.97. The summed E-state index contributed by atoms with van der Waals surface area (Å²) in [7, 11) is 0. The van der Waals surface area contributed by atoms with Crippen LogP contribution in [0.15, 0.2) is 30.3 Å². The second-order valence-corrected chi connectivity index (χ2v) is 4.61. The molecule has 0 heterocycles. The topological polar surface area (TPSA) is 52.3 Å². The zero-order valence-corrected chi connectivity index (χ0v) is 9.97. The molecule has 3 heteroatoms. The maximum Gasteiger partial charge on any atom is 0.220 e. The molecule has 1 atom stereocenters. The Morgan fingerprint density at radius 2 is 1.94 bits per heavy atom. The van der Waals surface area contributed by atoms with Crippen LogP contribution in [0.5, 0.6) is 0 Å². The summed E-state index contributed by atoms with van der Waals surface area (Å²) in [5.41, 5.74) is 6.33. The Balaban J connectivity index is 2.04. The predicted octanol–water partition coefficient (Wildman–Crippen LogP) is 2.56. The van der Waals surface area contributed by atoms with Gasteiger partial charge in [0.1, 0.15) is 0 Å². The monoisotopic (exact) mass is 233 g/mol. The van der Waals surface area contributed by atoms with Gasteiger partial charge in [0, 0.05) is 0 Å². The van der Waals surface area contributed by atoms with Crippen molar-refractivity contribution in [3.8, 4) is 0 Å². The van der Waals surface area contributed by atoms with Crippen LogP contribution in [0, 0.1) is 0 Å². The van der Waals surface area contributed by atoms with Crippen LogP contribution in [0.3, 0.4) is 0 Å². The molecule has 3 nitrogen and oxygen atoms in total. The van der Waals surface area contributed by atoms with Gasteiger partial charge in [-0.2, -0.15) is 0 Å². The fourth-order valence-electron chi connectivity index (χ4n) is 2.35. The van der Waals surface area contributed by atoms with Crippen molar-refractivity contribution < 1.29 is 9.53 Å². The van der Waals surface area contributed by atoms with Crippen LogP contribution < -0.4 is 5.73 Å². The highest BCUT2D eigenvalue weighted by Gasteiger charge is 2.22. The second kappa shape index (κ2) is 5.82. The first-order chi connectivity index (χ1) is 8.25. The SMILES string of the molecule is NC(=O)CC(OC1CCCC1)c1ccccc1. The first kappa shape index (κ1) is 12.1. The van der Waals surface area contributed by atoms with Gasteiger partial charge in [-0.3, -0.25) is 4.79 Å². The summed E-state index contributed by atoms with van der Waals surface area (Å²) in [4.78, 5) is 11.1. The van der Waals surface area contributed by atoms with Crippen LogP contribution in [0.4, 0.5) is 0 Å². The Bertz CT molecular complexity index is 358. The van der Waals surface area contributed by atoms with E-state index in [1.165, 1.54) is 12.8 Å². The Kier molecular flexibility index (Phi) is 4.15. The van der Waals surface area contributed by atoms with E-state index in [-0.39, 0.29) is 18.4 Å². The average molecular weight is 233 g/mol. The lowest BCUT2D eigenvalue weighted by atomic mass is 10.1. The van der Waals surface area contributed by atoms with Gasteiger partial charge < -0.3 is 10.5 Å². The van der Waals surface area contributed by atoms with E-state index in [0.717, 1.165) is 18.4 Å². The van der Waals surface area contributed by atoms with E-state index >= 15 is 0 Å². The molecule has 1 unspecified atom stereocenters. The number of carbonyl (C=O) groups is 1. The van der Waals surface area contributed by atoms with Gasteiger partial charge in [-0.05, 0) is 18.4 Å². The maximum atomic E-state index is 11.1. The standard InChI is InChI=1S/C14H19NO2/c15-14(16)10-13(11-6-2-1-3-7-11)17-12-8-4-5-9-12/h1-3,6-7,12-13H,4-5,8-10H2,(H2,15,16). The molecule has 2 N–H and O–H groups in total. The van der Waals surface area contributed by atoms with Gasteiger partial charge >= 0.3 is 0 Å². The van der Waals surface area contributed by atoms with Crippen LogP contribution in [-0.4, -0.2) is 12.0 Å². The molecular formula is C14H19NO2. The highest BCUT2D eigenvalue weighted by molar-refractivity contribution is 5.74. The van der Waals surface area contributed by atoms with Crippen molar-refractivity contribution in [1.29, 1.82) is 0 Å². The number of ether oxygens (including phenoxy) is 1. The lowest BCUT2D eigenvalue weighted by molar-refractivity contribution is -0.122. The summed E-state index contributed by atoms with van der Waals surface area (Å²) in [5, 5.41) is 0. The van der Waals surface area contributed by atoms with E-state index < -0.39 is 0 Å². The van der Waals surface area contributed by atoms with Gasteiger partial charge in [0.05, 0.1) is 18.6 Å². The third kappa shape index (κ3) is 3.56. The summed E-state index contributed by atoms with van der Waals surface area (Å²) in [5.74, 6) is -0.308. The van der Waals surface area contributed by atoms with Crippen LogP contribution >= 0.6 is 0 Å². The first-order valence-corrected chi connectivity index (χ1v) is 6.24. The highest BCUT2D eigenvalue weighted by Crippen LogP contribution is 2.29. The van der Waals surface area contributed by atoms with Crippen molar-refractivity contribution >= 4 is 5.91 Å². The quantitative estimate of drug-likeness (QED) is 0.849. The number of rotatable bonds is 5. The number of hydrogen-bond donors (Lipinski definition) is 1. The van der Waals surface area contributed by atoms with Crippen LogP contribution in [0.25, 0.3) is 0 Å². The Labute approximate surface area is 102 Å². The fourth-order valence-corrected chi connectivity index (χ4v) is 2.35. The highest BCUT2D eigenvalue weighted by atomic mass is 16.5. The molecule has 0 aromatic heterocycles. The Morgan fingerprint density at radius 1 is 1.29 bits per heavy atom. The molecule has 1 aliphatic rings. The predicted molar refractivity (Wildman–Crippen MR) is 66.3 cm³/mol. The second-order valence-electron chi connectivity index (χ2n) is 4.61. The fraction of sp³-hybridized carbons (Fsp3) is 0.500. The smallest absolute Gasteiger partial charge is 0.220 e. The van der Waals surface area contributed by atoms with Crippen LogP contribution in [0.2, 0.25) is 0 Å². The molecule has 92 valence electrons. The number of benzene rings is 1. The number of nitrogens with two attached hydrogens (primary N) is 1. The average Bonchev–Trinajstić information content (AvgIpc) is 2.82. The van der Waals surface area contributed by atoms with E-state index in [4.69, 9.17) is 10.5 Å². The lowest BCUT2D eigenvalue weighted by Gasteiger charge is -2.21.